The number of ether oxygens (including phenoxy) is 3. The van der Waals surface area contributed by atoms with Crippen molar-refractivity contribution in [1.82, 2.24) is 20.6 Å². The molecule has 5 rings (SSSR count). The lowest BCUT2D eigenvalue weighted by Crippen LogP contribution is -2.47. The second-order valence-electron chi connectivity index (χ2n) is 7.80. The second-order valence-corrected chi connectivity index (χ2v) is 7.80. The number of aromatic nitrogens is 2. The minimum atomic E-state index is 0.381. The molecule has 8 nitrogen and oxygen atoms in total. The largest absolute Gasteiger partial charge is 0.486 e. The van der Waals surface area contributed by atoms with Crippen LogP contribution in [-0.2, 0) is 11.3 Å². The maximum Gasteiger partial charge on any atom is 0.170 e. The maximum absolute atomic E-state index is 5.79. The highest BCUT2D eigenvalue weighted by Crippen LogP contribution is 2.38. The van der Waals surface area contributed by atoms with E-state index in [0.29, 0.717) is 25.1 Å². The second kappa shape index (κ2) is 9.95. The Morgan fingerprint density at radius 2 is 1.88 bits per heavy atom. The van der Waals surface area contributed by atoms with Crippen molar-refractivity contribution < 1.29 is 14.2 Å². The van der Waals surface area contributed by atoms with Crippen LogP contribution in [0.4, 0.5) is 11.5 Å². The summed E-state index contributed by atoms with van der Waals surface area (Å²) < 4.78 is 16.9. The van der Waals surface area contributed by atoms with Gasteiger partial charge in [-0.15, -0.1) is 0 Å². The Hall–Kier alpha value is -3.20. The van der Waals surface area contributed by atoms with E-state index in [9.17, 15) is 0 Å². The molecule has 1 unspecified atom stereocenters. The first-order valence-electron chi connectivity index (χ1n) is 10.9. The van der Waals surface area contributed by atoms with Gasteiger partial charge in [-0.1, -0.05) is 18.2 Å². The average molecular weight is 434 g/mol. The molecule has 8 heteroatoms. The van der Waals surface area contributed by atoms with E-state index in [1.165, 1.54) is 5.56 Å². The summed E-state index contributed by atoms with van der Waals surface area (Å²) in [5, 5.41) is 10.2. The molecule has 3 heterocycles. The summed E-state index contributed by atoms with van der Waals surface area (Å²) in [6.07, 6.45) is 3.48. The summed E-state index contributed by atoms with van der Waals surface area (Å²) in [5.74, 6) is 2.16. The van der Waals surface area contributed by atoms with E-state index in [4.69, 9.17) is 14.2 Å². The monoisotopic (exact) mass is 433 g/mol. The van der Waals surface area contributed by atoms with E-state index in [1.807, 2.05) is 30.3 Å². The van der Waals surface area contributed by atoms with Crippen LogP contribution in [0, 0.1) is 0 Å². The smallest absolute Gasteiger partial charge is 0.170 e. The van der Waals surface area contributed by atoms with Crippen LogP contribution in [0.25, 0.3) is 11.3 Å². The number of morpholine rings is 1. The van der Waals surface area contributed by atoms with Gasteiger partial charge in [0, 0.05) is 36.9 Å². The number of nitrogens with zero attached hydrogens (tertiary/aromatic N) is 2. The van der Waals surface area contributed by atoms with Crippen molar-refractivity contribution in [1.29, 1.82) is 0 Å². The molecular formula is C24H27N5O3. The zero-order chi connectivity index (χ0) is 21.6. The molecule has 0 bridgehead atoms. The van der Waals surface area contributed by atoms with Crippen LogP contribution in [0.5, 0.6) is 11.5 Å². The quantitative estimate of drug-likeness (QED) is 0.524. The number of rotatable bonds is 7. The maximum atomic E-state index is 5.79. The summed E-state index contributed by atoms with van der Waals surface area (Å²) in [6, 6.07) is 14.5. The number of hydrogen-bond acceptors (Lipinski definition) is 8. The summed E-state index contributed by atoms with van der Waals surface area (Å²) in [7, 11) is 0. The lowest BCUT2D eigenvalue weighted by molar-refractivity contribution is 0.0766. The van der Waals surface area contributed by atoms with Gasteiger partial charge in [0.1, 0.15) is 19.0 Å². The lowest BCUT2D eigenvalue weighted by atomic mass is 10.1. The standard InChI is InChI=1S/C24H27N5O3/c1-2-20(24-22(3-1)31-10-11-32-24)21-14-28-23(15-27-21)29-18-6-4-17(5-7-18)12-25-13-19-16-30-9-8-26-19/h1-7,14-15,19,25-26H,8-13,16H2,(H,28,29). The molecule has 0 radical (unpaired) electrons. The summed E-state index contributed by atoms with van der Waals surface area (Å²) >= 11 is 0. The van der Waals surface area contributed by atoms with Crippen LogP contribution in [0.15, 0.2) is 54.9 Å². The first-order valence-corrected chi connectivity index (χ1v) is 10.9. The lowest BCUT2D eigenvalue weighted by Gasteiger charge is -2.24. The number of fused-ring (bicyclic) bond motifs is 1. The third-order valence-corrected chi connectivity index (χ3v) is 5.44. The Bertz CT molecular complexity index is 1020. The van der Waals surface area contributed by atoms with Gasteiger partial charge in [0.05, 0.1) is 31.3 Å². The molecule has 1 saturated heterocycles. The Balaban J connectivity index is 1.17. The molecule has 1 atom stereocenters. The van der Waals surface area contributed by atoms with Crippen LogP contribution in [0.2, 0.25) is 0 Å². The fourth-order valence-corrected chi connectivity index (χ4v) is 3.80. The molecule has 0 aliphatic carbocycles. The van der Waals surface area contributed by atoms with Crippen LogP contribution >= 0.6 is 0 Å². The Morgan fingerprint density at radius 1 is 0.969 bits per heavy atom. The van der Waals surface area contributed by atoms with Crippen molar-refractivity contribution in [2.75, 3.05) is 44.8 Å². The van der Waals surface area contributed by atoms with Crippen LogP contribution in [0.1, 0.15) is 5.56 Å². The van der Waals surface area contributed by atoms with Crippen molar-refractivity contribution in [3.05, 3.63) is 60.4 Å². The molecule has 166 valence electrons. The number of nitrogens with one attached hydrogen (secondary N) is 3. The highest BCUT2D eigenvalue weighted by Gasteiger charge is 2.17. The number of para-hydroxylation sites is 1. The van der Waals surface area contributed by atoms with E-state index in [-0.39, 0.29) is 0 Å². The molecule has 3 aromatic rings. The topological polar surface area (TPSA) is 89.6 Å². The van der Waals surface area contributed by atoms with E-state index in [1.54, 1.807) is 12.4 Å². The molecule has 0 saturated carbocycles. The minimum Gasteiger partial charge on any atom is -0.486 e. The molecule has 2 aromatic carbocycles. The van der Waals surface area contributed by atoms with E-state index in [2.05, 4.69) is 38.1 Å². The molecule has 0 amide bonds. The van der Waals surface area contributed by atoms with Crippen molar-refractivity contribution in [2.45, 2.75) is 12.6 Å². The third kappa shape index (κ3) is 4.99. The van der Waals surface area contributed by atoms with Gasteiger partial charge in [0.15, 0.2) is 11.5 Å². The van der Waals surface area contributed by atoms with Gasteiger partial charge in [-0.05, 0) is 29.8 Å². The first-order chi connectivity index (χ1) is 15.8. The van der Waals surface area contributed by atoms with Crippen molar-refractivity contribution in [3.8, 4) is 22.8 Å². The zero-order valence-electron chi connectivity index (χ0n) is 17.8. The Labute approximate surface area is 187 Å². The van der Waals surface area contributed by atoms with Crippen LogP contribution < -0.4 is 25.4 Å². The fourth-order valence-electron chi connectivity index (χ4n) is 3.80. The van der Waals surface area contributed by atoms with Gasteiger partial charge < -0.3 is 30.2 Å². The van der Waals surface area contributed by atoms with Gasteiger partial charge in [0.2, 0.25) is 0 Å². The minimum absolute atomic E-state index is 0.381. The molecule has 2 aliphatic rings. The SMILES string of the molecule is c1cc2c(c(-c3cnc(Nc4ccc(CNCC5COCCN5)cc4)cn3)c1)OCCO2. The van der Waals surface area contributed by atoms with Crippen molar-refractivity contribution in [3.63, 3.8) is 0 Å². The normalized spacial score (nSPS) is 17.7. The Kier molecular flexibility index (Phi) is 6.43. The zero-order valence-corrected chi connectivity index (χ0v) is 17.8. The van der Waals surface area contributed by atoms with E-state index in [0.717, 1.165) is 61.3 Å². The number of anilines is 2. The van der Waals surface area contributed by atoms with Crippen LogP contribution in [0.3, 0.4) is 0 Å². The summed E-state index contributed by atoms with van der Waals surface area (Å²) in [5.41, 5.74) is 3.82. The van der Waals surface area contributed by atoms with Gasteiger partial charge >= 0.3 is 0 Å². The predicted molar refractivity (Wildman–Crippen MR) is 122 cm³/mol. The van der Waals surface area contributed by atoms with Crippen molar-refractivity contribution in [2.24, 2.45) is 0 Å². The summed E-state index contributed by atoms with van der Waals surface area (Å²) in [6.45, 7) is 5.30. The highest BCUT2D eigenvalue weighted by atomic mass is 16.6. The van der Waals surface area contributed by atoms with Gasteiger partial charge in [-0.3, -0.25) is 4.98 Å². The Morgan fingerprint density at radius 3 is 2.69 bits per heavy atom. The fraction of sp³-hybridized carbons (Fsp3) is 0.333. The van der Waals surface area contributed by atoms with Gasteiger partial charge in [-0.2, -0.15) is 0 Å². The van der Waals surface area contributed by atoms with E-state index >= 15 is 0 Å². The molecule has 0 spiro atoms. The third-order valence-electron chi connectivity index (χ3n) is 5.44. The van der Waals surface area contributed by atoms with E-state index < -0.39 is 0 Å². The molecule has 32 heavy (non-hydrogen) atoms. The molecule has 3 N–H and O–H groups in total. The molecule has 1 aromatic heterocycles. The highest BCUT2D eigenvalue weighted by molar-refractivity contribution is 5.71. The number of hydrogen-bond donors (Lipinski definition) is 3. The first kappa shape index (κ1) is 20.7. The molecule has 1 fully saturated rings. The van der Waals surface area contributed by atoms with Crippen LogP contribution in [-0.4, -0.2) is 55.5 Å². The molecular weight excluding hydrogens is 406 g/mol. The van der Waals surface area contributed by atoms with Crippen molar-refractivity contribution >= 4 is 11.5 Å². The molecule has 2 aliphatic heterocycles. The number of benzene rings is 2. The van der Waals surface area contributed by atoms with Gasteiger partial charge in [0.25, 0.3) is 0 Å². The average Bonchev–Trinajstić information content (AvgIpc) is 2.86. The van der Waals surface area contributed by atoms with Gasteiger partial charge in [-0.25, -0.2) is 4.98 Å². The summed E-state index contributed by atoms with van der Waals surface area (Å²) in [4.78, 5) is 9.09. The predicted octanol–water partition coefficient (Wildman–Crippen LogP) is 2.74.